The van der Waals surface area contributed by atoms with Crippen LogP contribution in [0, 0.1) is 0 Å². The second kappa shape index (κ2) is 6.41. The van der Waals surface area contributed by atoms with Gasteiger partial charge in [0.05, 0.1) is 0 Å². The zero-order valence-electron chi connectivity index (χ0n) is 11.6. The van der Waals surface area contributed by atoms with Crippen LogP contribution in [0.3, 0.4) is 0 Å². The minimum Gasteiger partial charge on any atom is -0.339 e. The Labute approximate surface area is 123 Å². The fourth-order valence-corrected chi connectivity index (χ4v) is 2.91. The summed E-state index contributed by atoms with van der Waals surface area (Å²) in [4.78, 5) is 5.84. The van der Waals surface area contributed by atoms with Gasteiger partial charge < -0.3 is 9.84 Å². The zero-order valence-corrected chi connectivity index (χ0v) is 12.4. The van der Waals surface area contributed by atoms with E-state index < -0.39 is 0 Å². The molecule has 1 aromatic carbocycles. The van der Waals surface area contributed by atoms with Crippen LogP contribution in [0.5, 0.6) is 0 Å². The van der Waals surface area contributed by atoms with Crippen LogP contribution in [0.4, 0.5) is 0 Å². The standard InChI is InChI=1S/C15H19N3OS/c1-20-13-4-2-11(3-5-13)10-14-17-15(19-18-14)12-6-8-16-9-7-12/h2-5,12,16H,6-10H2,1H3. The summed E-state index contributed by atoms with van der Waals surface area (Å²) in [6.07, 6.45) is 5.00. The summed E-state index contributed by atoms with van der Waals surface area (Å²) < 4.78 is 5.43. The fourth-order valence-electron chi connectivity index (χ4n) is 2.50. The molecule has 20 heavy (non-hydrogen) atoms. The highest BCUT2D eigenvalue weighted by Gasteiger charge is 2.21. The van der Waals surface area contributed by atoms with Gasteiger partial charge in [0, 0.05) is 17.2 Å². The third-order valence-electron chi connectivity index (χ3n) is 3.69. The first-order chi connectivity index (χ1) is 9.85. The molecular weight excluding hydrogens is 270 g/mol. The molecule has 0 spiro atoms. The Kier molecular flexibility index (Phi) is 4.38. The SMILES string of the molecule is CSc1ccc(Cc2noc(C3CCNCC3)n2)cc1. The summed E-state index contributed by atoms with van der Waals surface area (Å²) in [7, 11) is 0. The van der Waals surface area contributed by atoms with E-state index in [-0.39, 0.29) is 0 Å². The van der Waals surface area contributed by atoms with Gasteiger partial charge in [0.1, 0.15) is 0 Å². The third kappa shape index (κ3) is 3.22. The Morgan fingerprint density at radius 3 is 2.70 bits per heavy atom. The number of nitrogens with zero attached hydrogens (tertiary/aromatic N) is 2. The quantitative estimate of drug-likeness (QED) is 0.877. The molecule has 1 saturated heterocycles. The maximum absolute atomic E-state index is 5.43. The van der Waals surface area contributed by atoms with Crippen molar-refractivity contribution in [3.8, 4) is 0 Å². The van der Waals surface area contributed by atoms with Crippen LogP contribution in [0.25, 0.3) is 0 Å². The third-order valence-corrected chi connectivity index (χ3v) is 4.44. The molecule has 1 aliphatic rings. The number of benzene rings is 1. The van der Waals surface area contributed by atoms with Crippen molar-refractivity contribution in [2.24, 2.45) is 0 Å². The van der Waals surface area contributed by atoms with Gasteiger partial charge in [0.25, 0.3) is 0 Å². The average molecular weight is 289 g/mol. The Balaban J connectivity index is 1.66. The Morgan fingerprint density at radius 1 is 1.25 bits per heavy atom. The predicted octanol–water partition coefficient (Wildman–Crippen LogP) is 2.85. The molecule has 2 aromatic rings. The number of piperidine rings is 1. The molecule has 1 aliphatic heterocycles. The van der Waals surface area contributed by atoms with Crippen molar-refractivity contribution in [2.45, 2.75) is 30.1 Å². The smallest absolute Gasteiger partial charge is 0.229 e. The van der Waals surface area contributed by atoms with E-state index in [2.05, 4.69) is 46.0 Å². The number of hydrogen-bond donors (Lipinski definition) is 1. The molecule has 106 valence electrons. The van der Waals surface area contributed by atoms with Gasteiger partial charge in [0.15, 0.2) is 5.82 Å². The van der Waals surface area contributed by atoms with Gasteiger partial charge in [-0.05, 0) is 49.9 Å². The van der Waals surface area contributed by atoms with Crippen molar-refractivity contribution in [3.05, 3.63) is 41.5 Å². The first kappa shape index (κ1) is 13.6. The number of aromatic nitrogens is 2. The lowest BCUT2D eigenvalue weighted by Crippen LogP contribution is -2.26. The summed E-state index contributed by atoms with van der Waals surface area (Å²) in [6.45, 7) is 2.08. The molecule has 0 radical (unpaired) electrons. The number of hydrogen-bond acceptors (Lipinski definition) is 5. The highest BCUT2D eigenvalue weighted by atomic mass is 32.2. The molecule has 0 aliphatic carbocycles. The minimum atomic E-state index is 0.427. The molecule has 1 aromatic heterocycles. The lowest BCUT2D eigenvalue weighted by atomic mass is 9.98. The molecular formula is C15H19N3OS. The minimum absolute atomic E-state index is 0.427. The van der Waals surface area contributed by atoms with E-state index in [1.165, 1.54) is 10.5 Å². The summed E-state index contributed by atoms with van der Waals surface area (Å²) in [6, 6.07) is 8.53. The monoisotopic (exact) mass is 289 g/mol. The molecule has 1 N–H and O–H groups in total. The van der Waals surface area contributed by atoms with Crippen LogP contribution in [0.1, 0.15) is 36.0 Å². The van der Waals surface area contributed by atoms with Gasteiger partial charge >= 0.3 is 0 Å². The largest absolute Gasteiger partial charge is 0.339 e. The van der Waals surface area contributed by atoms with E-state index in [1.54, 1.807) is 11.8 Å². The molecule has 4 nitrogen and oxygen atoms in total. The van der Waals surface area contributed by atoms with Gasteiger partial charge in [0.2, 0.25) is 5.89 Å². The van der Waals surface area contributed by atoms with E-state index in [4.69, 9.17) is 4.52 Å². The molecule has 0 bridgehead atoms. The normalized spacial score (nSPS) is 16.4. The molecule has 2 heterocycles. The van der Waals surface area contributed by atoms with E-state index in [9.17, 15) is 0 Å². The maximum Gasteiger partial charge on any atom is 0.229 e. The number of rotatable bonds is 4. The topological polar surface area (TPSA) is 51.0 Å². The van der Waals surface area contributed by atoms with Gasteiger partial charge in [-0.1, -0.05) is 17.3 Å². The zero-order chi connectivity index (χ0) is 13.8. The summed E-state index contributed by atoms with van der Waals surface area (Å²) in [5, 5.41) is 7.47. The van der Waals surface area contributed by atoms with Crippen LogP contribution < -0.4 is 5.32 Å². The molecule has 0 amide bonds. The van der Waals surface area contributed by atoms with Gasteiger partial charge in [-0.3, -0.25) is 0 Å². The van der Waals surface area contributed by atoms with Gasteiger partial charge in [-0.15, -0.1) is 11.8 Å². The Bertz CT molecular complexity index is 547. The highest BCUT2D eigenvalue weighted by Crippen LogP contribution is 2.24. The number of nitrogens with one attached hydrogen (secondary N) is 1. The van der Waals surface area contributed by atoms with Crippen molar-refractivity contribution in [1.82, 2.24) is 15.5 Å². The summed E-state index contributed by atoms with van der Waals surface area (Å²) in [5.74, 6) is 2.02. The van der Waals surface area contributed by atoms with Crippen LogP contribution >= 0.6 is 11.8 Å². The summed E-state index contributed by atoms with van der Waals surface area (Å²) >= 11 is 1.75. The van der Waals surface area contributed by atoms with Crippen LogP contribution in [0.2, 0.25) is 0 Å². The van der Waals surface area contributed by atoms with Crippen molar-refractivity contribution in [2.75, 3.05) is 19.3 Å². The van der Waals surface area contributed by atoms with E-state index in [1.807, 2.05) is 0 Å². The first-order valence-electron chi connectivity index (χ1n) is 7.01. The van der Waals surface area contributed by atoms with Crippen molar-refractivity contribution >= 4 is 11.8 Å². The predicted molar refractivity (Wildman–Crippen MR) is 80.2 cm³/mol. The molecule has 0 atom stereocenters. The highest BCUT2D eigenvalue weighted by molar-refractivity contribution is 7.98. The molecule has 3 rings (SSSR count). The van der Waals surface area contributed by atoms with Gasteiger partial charge in [-0.2, -0.15) is 4.98 Å². The van der Waals surface area contributed by atoms with E-state index in [0.717, 1.165) is 44.1 Å². The maximum atomic E-state index is 5.43. The van der Waals surface area contributed by atoms with Crippen LogP contribution in [-0.4, -0.2) is 29.5 Å². The molecule has 5 heteroatoms. The molecule has 0 unspecified atom stereocenters. The lowest BCUT2D eigenvalue weighted by Gasteiger charge is -2.18. The van der Waals surface area contributed by atoms with Gasteiger partial charge in [-0.25, -0.2) is 0 Å². The van der Waals surface area contributed by atoms with E-state index in [0.29, 0.717) is 5.92 Å². The number of thioether (sulfide) groups is 1. The second-order valence-electron chi connectivity index (χ2n) is 5.10. The van der Waals surface area contributed by atoms with Crippen molar-refractivity contribution in [1.29, 1.82) is 0 Å². The average Bonchev–Trinajstić information content (AvgIpc) is 2.97. The lowest BCUT2D eigenvalue weighted by molar-refractivity contribution is 0.318. The Hall–Kier alpha value is -1.33. The van der Waals surface area contributed by atoms with Crippen LogP contribution in [-0.2, 0) is 6.42 Å². The van der Waals surface area contributed by atoms with Crippen molar-refractivity contribution < 1.29 is 4.52 Å². The first-order valence-corrected chi connectivity index (χ1v) is 8.24. The molecule has 1 fully saturated rings. The second-order valence-corrected chi connectivity index (χ2v) is 5.98. The fraction of sp³-hybridized carbons (Fsp3) is 0.467. The van der Waals surface area contributed by atoms with E-state index >= 15 is 0 Å². The van der Waals surface area contributed by atoms with Crippen molar-refractivity contribution in [3.63, 3.8) is 0 Å². The molecule has 0 saturated carbocycles. The summed E-state index contributed by atoms with van der Waals surface area (Å²) in [5.41, 5.74) is 1.22. The Morgan fingerprint density at radius 2 is 2.00 bits per heavy atom. The van der Waals surface area contributed by atoms with Crippen LogP contribution in [0.15, 0.2) is 33.7 Å².